The molecule has 24 heavy (non-hydrogen) atoms. The summed E-state index contributed by atoms with van der Waals surface area (Å²) in [5.74, 6) is 0.308. The zero-order chi connectivity index (χ0) is 16.4. The smallest absolute Gasteiger partial charge is 0.115 e. The van der Waals surface area contributed by atoms with Gasteiger partial charge in [0, 0.05) is 0 Å². The van der Waals surface area contributed by atoms with Crippen molar-refractivity contribution in [2.75, 3.05) is 0 Å². The summed E-state index contributed by atoms with van der Waals surface area (Å²) < 4.78 is 0. The fourth-order valence-corrected chi connectivity index (χ4v) is 3.61. The standard InChI is InChI=1S/C23H20O/c24-20-15-13-19(14-16-20)23-21-11-5-4-9-18(21)10-6-12-22(23)17-7-2-1-3-8-17/h1-5,7-9,11,13-16,24H,6,10,12H2. The van der Waals surface area contributed by atoms with Gasteiger partial charge in [-0.2, -0.15) is 0 Å². The quantitative estimate of drug-likeness (QED) is 0.644. The van der Waals surface area contributed by atoms with Crippen molar-refractivity contribution in [2.24, 2.45) is 0 Å². The van der Waals surface area contributed by atoms with Crippen LogP contribution in [0.1, 0.15) is 35.1 Å². The van der Waals surface area contributed by atoms with E-state index in [-0.39, 0.29) is 0 Å². The van der Waals surface area contributed by atoms with Gasteiger partial charge in [0.25, 0.3) is 0 Å². The van der Waals surface area contributed by atoms with E-state index in [1.54, 1.807) is 12.1 Å². The summed E-state index contributed by atoms with van der Waals surface area (Å²) in [7, 11) is 0. The van der Waals surface area contributed by atoms with Crippen LogP contribution in [-0.4, -0.2) is 5.11 Å². The Labute approximate surface area is 142 Å². The molecule has 0 saturated heterocycles. The number of aryl methyl sites for hydroxylation is 1. The normalized spacial score (nSPS) is 14.2. The van der Waals surface area contributed by atoms with Gasteiger partial charge in [-0.05, 0) is 64.8 Å². The molecule has 0 saturated carbocycles. The van der Waals surface area contributed by atoms with Crippen LogP contribution in [0, 0.1) is 0 Å². The predicted octanol–water partition coefficient (Wildman–Crippen LogP) is 5.69. The summed E-state index contributed by atoms with van der Waals surface area (Å²) in [6.45, 7) is 0. The molecule has 0 amide bonds. The largest absolute Gasteiger partial charge is 0.508 e. The van der Waals surface area contributed by atoms with E-state index >= 15 is 0 Å². The molecule has 0 aromatic heterocycles. The number of fused-ring (bicyclic) bond motifs is 1. The Morgan fingerprint density at radius 2 is 1.33 bits per heavy atom. The summed E-state index contributed by atoms with van der Waals surface area (Å²) in [6.07, 6.45) is 3.33. The number of hydrogen-bond acceptors (Lipinski definition) is 1. The highest BCUT2D eigenvalue weighted by Gasteiger charge is 2.19. The lowest BCUT2D eigenvalue weighted by Crippen LogP contribution is -1.95. The summed E-state index contributed by atoms with van der Waals surface area (Å²) in [6, 6.07) is 27.0. The predicted molar refractivity (Wildman–Crippen MR) is 99.8 cm³/mol. The average molecular weight is 312 g/mol. The molecule has 0 radical (unpaired) electrons. The summed E-state index contributed by atoms with van der Waals surface area (Å²) in [4.78, 5) is 0. The van der Waals surface area contributed by atoms with E-state index in [9.17, 15) is 5.11 Å². The Balaban J connectivity index is 2.00. The van der Waals surface area contributed by atoms with Crippen molar-refractivity contribution in [1.29, 1.82) is 0 Å². The summed E-state index contributed by atoms with van der Waals surface area (Å²) in [5.41, 5.74) is 7.88. The van der Waals surface area contributed by atoms with Gasteiger partial charge in [-0.25, -0.2) is 0 Å². The van der Waals surface area contributed by atoms with E-state index in [0.717, 1.165) is 19.3 Å². The molecule has 0 heterocycles. The SMILES string of the molecule is Oc1ccc(C2=C(c3ccccc3)CCCc3ccccc32)cc1. The Morgan fingerprint density at radius 3 is 2.12 bits per heavy atom. The first-order valence-electron chi connectivity index (χ1n) is 8.49. The number of phenols is 1. The van der Waals surface area contributed by atoms with Gasteiger partial charge in [-0.3, -0.25) is 0 Å². The van der Waals surface area contributed by atoms with Crippen LogP contribution in [0.3, 0.4) is 0 Å². The van der Waals surface area contributed by atoms with E-state index in [4.69, 9.17) is 0 Å². The molecule has 1 aliphatic carbocycles. The van der Waals surface area contributed by atoms with E-state index in [1.807, 2.05) is 12.1 Å². The van der Waals surface area contributed by atoms with Crippen LogP contribution >= 0.6 is 0 Å². The Bertz CT molecular complexity index is 873. The number of phenolic OH excluding ortho intramolecular Hbond substituents is 1. The van der Waals surface area contributed by atoms with Gasteiger partial charge in [0.2, 0.25) is 0 Å². The van der Waals surface area contributed by atoms with Crippen LogP contribution in [0.5, 0.6) is 5.75 Å². The highest BCUT2D eigenvalue weighted by molar-refractivity contribution is 5.99. The third-order valence-electron chi connectivity index (χ3n) is 4.74. The van der Waals surface area contributed by atoms with Crippen molar-refractivity contribution in [3.8, 4) is 5.75 Å². The minimum absolute atomic E-state index is 0.308. The van der Waals surface area contributed by atoms with Gasteiger partial charge in [0.15, 0.2) is 0 Å². The molecular weight excluding hydrogens is 292 g/mol. The van der Waals surface area contributed by atoms with Crippen LogP contribution < -0.4 is 0 Å². The maximum atomic E-state index is 9.67. The van der Waals surface area contributed by atoms with Gasteiger partial charge in [0.05, 0.1) is 0 Å². The van der Waals surface area contributed by atoms with Gasteiger partial charge in [-0.15, -0.1) is 0 Å². The van der Waals surface area contributed by atoms with Crippen LogP contribution in [0.25, 0.3) is 11.1 Å². The second kappa shape index (κ2) is 6.37. The molecule has 0 fully saturated rings. The third-order valence-corrected chi connectivity index (χ3v) is 4.74. The fraction of sp³-hybridized carbons (Fsp3) is 0.130. The van der Waals surface area contributed by atoms with Crippen molar-refractivity contribution in [3.05, 3.63) is 101 Å². The maximum Gasteiger partial charge on any atom is 0.115 e. The molecule has 0 aliphatic heterocycles. The van der Waals surface area contributed by atoms with E-state index in [1.165, 1.54) is 33.4 Å². The molecule has 118 valence electrons. The van der Waals surface area contributed by atoms with Gasteiger partial charge in [-0.1, -0.05) is 66.7 Å². The van der Waals surface area contributed by atoms with Crippen molar-refractivity contribution in [3.63, 3.8) is 0 Å². The van der Waals surface area contributed by atoms with Crippen LogP contribution in [0.4, 0.5) is 0 Å². The lowest BCUT2D eigenvalue weighted by Gasteiger charge is -2.16. The summed E-state index contributed by atoms with van der Waals surface area (Å²) >= 11 is 0. The minimum Gasteiger partial charge on any atom is -0.508 e. The topological polar surface area (TPSA) is 20.2 Å². The first-order valence-corrected chi connectivity index (χ1v) is 8.49. The van der Waals surface area contributed by atoms with Crippen LogP contribution in [0.2, 0.25) is 0 Å². The number of benzene rings is 3. The molecule has 0 atom stereocenters. The molecule has 1 heteroatoms. The second-order valence-corrected chi connectivity index (χ2v) is 6.28. The van der Waals surface area contributed by atoms with Crippen molar-refractivity contribution in [1.82, 2.24) is 0 Å². The molecular formula is C23H20O. The second-order valence-electron chi connectivity index (χ2n) is 6.28. The number of allylic oxidation sites excluding steroid dienone is 1. The van der Waals surface area contributed by atoms with Crippen LogP contribution in [-0.2, 0) is 6.42 Å². The van der Waals surface area contributed by atoms with E-state index in [0.29, 0.717) is 5.75 Å². The molecule has 4 rings (SSSR count). The first-order chi connectivity index (χ1) is 11.8. The summed E-state index contributed by atoms with van der Waals surface area (Å²) in [5, 5.41) is 9.67. The maximum absolute atomic E-state index is 9.67. The van der Waals surface area contributed by atoms with Crippen molar-refractivity contribution in [2.45, 2.75) is 19.3 Å². The number of hydrogen-bond donors (Lipinski definition) is 1. The average Bonchev–Trinajstić information content (AvgIpc) is 2.83. The highest BCUT2D eigenvalue weighted by atomic mass is 16.3. The first kappa shape index (κ1) is 14.8. The van der Waals surface area contributed by atoms with Gasteiger partial charge < -0.3 is 5.11 Å². The van der Waals surface area contributed by atoms with Gasteiger partial charge >= 0.3 is 0 Å². The highest BCUT2D eigenvalue weighted by Crippen LogP contribution is 2.39. The molecule has 3 aromatic rings. The molecule has 0 unspecified atom stereocenters. The monoisotopic (exact) mass is 312 g/mol. The molecule has 3 aromatic carbocycles. The van der Waals surface area contributed by atoms with Crippen molar-refractivity contribution >= 4 is 11.1 Å². The number of rotatable bonds is 2. The Kier molecular flexibility index (Phi) is 3.92. The Morgan fingerprint density at radius 1 is 0.625 bits per heavy atom. The lowest BCUT2D eigenvalue weighted by molar-refractivity contribution is 0.475. The third kappa shape index (κ3) is 2.74. The van der Waals surface area contributed by atoms with Gasteiger partial charge in [0.1, 0.15) is 5.75 Å². The molecule has 0 bridgehead atoms. The van der Waals surface area contributed by atoms with Crippen LogP contribution in [0.15, 0.2) is 78.9 Å². The van der Waals surface area contributed by atoms with E-state index < -0.39 is 0 Å². The number of aromatic hydroxyl groups is 1. The molecule has 1 aliphatic rings. The molecule has 0 spiro atoms. The zero-order valence-corrected chi connectivity index (χ0v) is 13.6. The van der Waals surface area contributed by atoms with E-state index in [2.05, 4.69) is 54.6 Å². The zero-order valence-electron chi connectivity index (χ0n) is 13.6. The lowest BCUT2D eigenvalue weighted by atomic mass is 9.88. The molecule has 1 nitrogen and oxygen atoms in total. The fourth-order valence-electron chi connectivity index (χ4n) is 3.61. The van der Waals surface area contributed by atoms with Crippen molar-refractivity contribution < 1.29 is 5.11 Å². The minimum atomic E-state index is 0.308. The Hall–Kier alpha value is -2.80. The molecule has 1 N–H and O–H groups in total.